The quantitative estimate of drug-likeness (QED) is 0.232. The van der Waals surface area contributed by atoms with Crippen LogP contribution in [-0.2, 0) is 0 Å². The normalized spacial score (nSPS) is 12.7. The van der Waals surface area contributed by atoms with Crippen LogP contribution in [0.2, 0.25) is 0 Å². The fraction of sp³-hybridized carbons (Fsp3) is 0.947. The van der Waals surface area contributed by atoms with Crippen molar-refractivity contribution in [2.24, 2.45) is 10.4 Å². The molecule has 0 atom stereocenters. The number of halogens is 1. The number of guanidine groups is 1. The highest BCUT2D eigenvalue weighted by Gasteiger charge is 2.25. The van der Waals surface area contributed by atoms with Crippen molar-refractivity contribution in [3.8, 4) is 0 Å². The van der Waals surface area contributed by atoms with Crippen molar-refractivity contribution in [3.05, 3.63) is 0 Å². The minimum Gasteiger partial charge on any atom is -0.396 e. The van der Waals surface area contributed by atoms with Crippen LogP contribution in [0.5, 0.6) is 0 Å². The molecule has 0 spiro atoms. The van der Waals surface area contributed by atoms with E-state index in [9.17, 15) is 5.11 Å². The second-order valence-electron chi connectivity index (χ2n) is 7.23. The summed E-state index contributed by atoms with van der Waals surface area (Å²) in [6.07, 6.45) is 2.90. The summed E-state index contributed by atoms with van der Waals surface area (Å²) in [5.41, 5.74) is 0.110. The first kappa shape index (κ1) is 27.1. The summed E-state index contributed by atoms with van der Waals surface area (Å²) in [4.78, 5) is 7.27. The van der Waals surface area contributed by atoms with Crippen LogP contribution in [0, 0.1) is 5.41 Å². The number of rotatable bonds is 12. The summed E-state index contributed by atoms with van der Waals surface area (Å²) in [5, 5.41) is 16.1. The molecule has 25 heavy (non-hydrogen) atoms. The smallest absolute Gasteiger partial charge is 0.191 e. The molecule has 0 rings (SSSR count). The Labute approximate surface area is 173 Å². The molecule has 0 heterocycles. The SMILES string of the molecule is CCNC(=NCC(CC)(CC)CCO)NCCN(C(C)C)C(C)C.I. The van der Waals surface area contributed by atoms with Crippen LogP contribution in [0.3, 0.4) is 0 Å². The predicted octanol–water partition coefficient (Wildman–Crippen LogP) is 3.47. The van der Waals surface area contributed by atoms with Gasteiger partial charge in [-0.05, 0) is 59.3 Å². The molecule has 5 nitrogen and oxygen atoms in total. The van der Waals surface area contributed by atoms with Gasteiger partial charge in [-0.25, -0.2) is 0 Å². The maximum Gasteiger partial charge on any atom is 0.191 e. The van der Waals surface area contributed by atoms with Crippen molar-refractivity contribution in [2.45, 2.75) is 79.8 Å². The van der Waals surface area contributed by atoms with Gasteiger partial charge in [0, 0.05) is 44.9 Å². The van der Waals surface area contributed by atoms with E-state index in [0.717, 1.165) is 51.4 Å². The lowest BCUT2D eigenvalue weighted by Crippen LogP contribution is -2.45. The van der Waals surface area contributed by atoms with Crippen LogP contribution in [0.25, 0.3) is 0 Å². The zero-order valence-electron chi connectivity index (χ0n) is 17.6. The van der Waals surface area contributed by atoms with Crippen molar-refractivity contribution >= 4 is 29.9 Å². The number of aliphatic imine (C=N–C) groups is 1. The van der Waals surface area contributed by atoms with E-state index < -0.39 is 0 Å². The molecule has 0 unspecified atom stereocenters. The fourth-order valence-electron chi connectivity index (χ4n) is 3.15. The van der Waals surface area contributed by atoms with Gasteiger partial charge in [0.15, 0.2) is 5.96 Å². The average molecular weight is 470 g/mol. The molecule has 0 aromatic rings. The van der Waals surface area contributed by atoms with Crippen LogP contribution in [-0.4, -0.2) is 60.8 Å². The second kappa shape index (κ2) is 15.0. The van der Waals surface area contributed by atoms with Crippen LogP contribution < -0.4 is 10.6 Å². The third-order valence-corrected chi connectivity index (χ3v) is 5.05. The van der Waals surface area contributed by atoms with Crippen molar-refractivity contribution in [2.75, 3.05) is 32.8 Å². The molecule has 6 heteroatoms. The zero-order valence-corrected chi connectivity index (χ0v) is 19.9. The first-order valence-electron chi connectivity index (χ1n) is 9.74. The Kier molecular flexibility index (Phi) is 16.3. The third-order valence-electron chi connectivity index (χ3n) is 5.05. The first-order valence-corrected chi connectivity index (χ1v) is 9.74. The maximum atomic E-state index is 9.35. The molecular weight excluding hydrogens is 427 g/mol. The predicted molar refractivity (Wildman–Crippen MR) is 121 cm³/mol. The van der Waals surface area contributed by atoms with E-state index in [1.807, 2.05) is 0 Å². The van der Waals surface area contributed by atoms with E-state index in [0.29, 0.717) is 12.1 Å². The number of nitrogens with zero attached hydrogens (tertiary/aromatic N) is 2. The van der Waals surface area contributed by atoms with Crippen LogP contribution in [0.1, 0.15) is 67.7 Å². The molecule has 152 valence electrons. The van der Waals surface area contributed by atoms with Gasteiger partial charge in [-0.15, -0.1) is 24.0 Å². The highest BCUT2D eigenvalue weighted by atomic mass is 127. The molecule has 0 fully saturated rings. The van der Waals surface area contributed by atoms with E-state index in [1.54, 1.807) is 0 Å². The standard InChI is InChI=1S/C19H42N4O.HI/c1-8-19(9-2,11-14-24)15-22-18(20-10-3)21-12-13-23(16(4)5)17(6)7;/h16-17,24H,8-15H2,1-7H3,(H2,20,21,22);1H. The lowest BCUT2D eigenvalue weighted by molar-refractivity contribution is 0.174. The summed E-state index contributed by atoms with van der Waals surface area (Å²) >= 11 is 0. The van der Waals surface area contributed by atoms with Crippen LogP contribution in [0.4, 0.5) is 0 Å². The lowest BCUT2D eigenvalue weighted by atomic mass is 9.79. The first-order chi connectivity index (χ1) is 11.4. The van der Waals surface area contributed by atoms with Gasteiger partial charge < -0.3 is 15.7 Å². The van der Waals surface area contributed by atoms with Crippen molar-refractivity contribution in [1.29, 1.82) is 0 Å². The van der Waals surface area contributed by atoms with E-state index in [4.69, 9.17) is 4.99 Å². The molecule has 0 bridgehead atoms. The molecule has 0 aliphatic carbocycles. The highest BCUT2D eigenvalue weighted by Crippen LogP contribution is 2.30. The molecule has 0 saturated heterocycles. The van der Waals surface area contributed by atoms with Gasteiger partial charge in [-0.2, -0.15) is 0 Å². The summed E-state index contributed by atoms with van der Waals surface area (Å²) in [6.45, 7) is 19.2. The monoisotopic (exact) mass is 470 g/mol. The molecule has 0 radical (unpaired) electrons. The van der Waals surface area contributed by atoms with E-state index in [1.165, 1.54) is 0 Å². The summed E-state index contributed by atoms with van der Waals surface area (Å²) in [5.74, 6) is 0.883. The zero-order chi connectivity index (χ0) is 18.6. The van der Waals surface area contributed by atoms with Gasteiger partial charge in [0.1, 0.15) is 0 Å². The minimum absolute atomic E-state index is 0. The highest BCUT2D eigenvalue weighted by molar-refractivity contribution is 14.0. The summed E-state index contributed by atoms with van der Waals surface area (Å²) < 4.78 is 0. The van der Waals surface area contributed by atoms with Crippen molar-refractivity contribution < 1.29 is 5.11 Å². The van der Waals surface area contributed by atoms with Crippen molar-refractivity contribution in [1.82, 2.24) is 15.5 Å². The lowest BCUT2D eigenvalue weighted by Gasteiger charge is -2.31. The Bertz CT molecular complexity index is 336. The van der Waals surface area contributed by atoms with Gasteiger partial charge in [0.05, 0.1) is 0 Å². The fourth-order valence-corrected chi connectivity index (χ4v) is 3.15. The number of nitrogens with one attached hydrogen (secondary N) is 2. The van der Waals surface area contributed by atoms with Crippen LogP contribution >= 0.6 is 24.0 Å². The molecule has 0 aliphatic rings. The number of aliphatic hydroxyl groups is 1. The Morgan fingerprint density at radius 3 is 2.00 bits per heavy atom. The Morgan fingerprint density at radius 2 is 1.60 bits per heavy atom. The topological polar surface area (TPSA) is 59.9 Å². The van der Waals surface area contributed by atoms with Gasteiger partial charge in [0.2, 0.25) is 0 Å². The molecule has 0 aromatic heterocycles. The molecule has 0 aromatic carbocycles. The molecule has 0 aliphatic heterocycles. The number of hydrogen-bond donors (Lipinski definition) is 3. The molecular formula is C19H43IN4O. The van der Waals surface area contributed by atoms with Gasteiger partial charge >= 0.3 is 0 Å². The van der Waals surface area contributed by atoms with Gasteiger partial charge in [-0.1, -0.05) is 13.8 Å². The van der Waals surface area contributed by atoms with Gasteiger partial charge in [-0.3, -0.25) is 9.89 Å². The van der Waals surface area contributed by atoms with Gasteiger partial charge in [0.25, 0.3) is 0 Å². The Balaban J connectivity index is 0. The van der Waals surface area contributed by atoms with Crippen LogP contribution in [0.15, 0.2) is 4.99 Å². The molecule has 0 saturated carbocycles. The maximum absolute atomic E-state index is 9.35. The molecule has 0 amide bonds. The van der Waals surface area contributed by atoms with E-state index in [-0.39, 0.29) is 36.0 Å². The van der Waals surface area contributed by atoms with Crippen molar-refractivity contribution in [3.63, 3.8) is 0 Å². The largest absolute Gasteiger partial charge is 0.396 e. The summed E-state index contributed by atoms with van der Waals surface area (Å²) in [6, 6.07) is 1.09. The number of aliphatic hydroxyl groups excluding tert-OH is 1. The Hall–Kier alpha value is -0.0800. The third kappa shape index (κ3) is 10.6. The average Bonchev–Trinajstić information content (AvgIpc) is 2.54. The minimum atomic E-state index is 0. The molecule has 3 N–H and O–H groups in total. The van der Waals surface area contributed by atoms with E-state index >= 15 is 0 Å². The number of hydrogen-bond acceptors (Lipinski definition) is 3. The second-order valence-corrected chi connectivity index (χ2v) is 7.23. The van der Waals surface area contributed by atoms with E-state index in [2.05, 4.69) is 64.0 Å². The summed E-state index contributed by atoms with van der Waals surface area (Å²) in [7, 11) is 0. The Morgan fingerprint density at radius 1 is 1.04 bits per heavy atom.